The van der Waals surface area contributed by atoms with Crippen molar-refractivity contribution in [2.45, 2.75) is 116 Å². The molecule has 1 heterocycles. The number of esters is 4. The fourth-order valence-corrected chi connectivity index (χ4v) is 3.71. The Balaban J connectivity index is 2.24. The molecule has 0 spiro atoms. The van der Waals surface area contributed by atoms with Crippen molar-refractivity contribution < 1.29 is 38.1 Å². The van der Waals surface area contributed by atoms with Gasteiger partial charge in [0.25, 0.3) is 0 Å². The van der Waals surface area contributed by atoms with Crippen LogP contribution in [-0.2, 0) is 38.1 Å². The zero-order valence-corrected chi connectivity index (χ0v) is 20.8. The van der Waals surface area contributed by atoms with Gasteiger partial charge < -0.3 is 18.9 Å². The molecule has 1 fully saturated rings. The summed E-state index contributed by atoms with van der Waals surface area (Å²) in [6.07, 6.45) is 15.1. The van der Waals surface area contributed by atoms with Crippen molar-refractivity contribution in [1.82, 2.24) is 0 Å². The Bertz CT molecular complexity index is 477. The maximum Gasteiger partial charge on any atom is 0.317 e. The topological polar surface area (TPSA) is 105 Å². The van der Waals surface area contributed by atoms with Gasteiger partial charge in [-0.15, -0.1) is 0 Å². The monoisotopic (exact) mass is 484 g/mol. The van der Waals surface area contributed by atoms with Crippen molar-refractivity contribution in [2.24, 2.45) is 0 Å². The second-order valence-electron chi connectivity index (χ2n) is 8.89. The van der Waals surface area contributed by atoms with Crippen LogP contribution in [0.3, 0.4) is 0 Å². The van der Waals surface area contributed by atoms with E-state index in [0.717, 1.165) is 103 Å². The normalized spacial score (nSPS) is 21.9. The van der Waals surface area contributed by atoms with Crippen molar-refractivity contribution in [3.05, 3.63) is 0 Å². The van der Waals surface area contributed by atoms with E-state index < -0.39 is 23.9 Å². The third kappa shape index (κ3) is 19.4. The minimum absolute atomic E-state index is 0.315. The predicted octanol–water partition coefficient (Wildman–Crippen LogP) is 5.19. The SMILES string of the molecule is O=C1CC(=O)OCCCCCCCCCCOC(=O)CC(=O)OCCCCCCCCCCO1. The maximum atomic E-state index is 11.7. The predicted molar refractivity (Wildman–Crippen MR) is 127 cm³/mol. The van der Waals surface area contributed by atoms with Crippen LogP contribution < -0.4 is 0 Å². The minimum atomic E-state index is -0.514. The lowest BCUT2D eigenvalue weighted by atomic mass is 10.1. The number of ether oxygens (including phenoxy) is 4. The van der Waals surface area contributed by atoms with Gasteiger partial charge in [0, 0.05) is 0 Å². The molecule has 0 amide bonds. The van der Waals surface area contributed by atoms with Gasteiger partial charge in [-0.25, -0.2) is 0 Å². The van der Waals surface area contributed by atoms with E-state index in [1.807, 2.05) is 0 Å². The zero-order chi connectivity index (χ0) is 24.7. The molecule has 1 saturated heterocycles. The van der Waals surface area contributed by atoms with Crippen molar-refractivity contribution in [3.63, 3.8) is 0 Å². The number of hydrogen-bond donors (Lipinski definition) is 0. The van der Waals surface area contributed by atoms with Crippen molar-refractivity contribution in [2.75, 3.05) is 26.4 Å². The van der Waals surface area contributed by atoms with Gasteiger partial charge in [0.1, 0.15) is 12.8 Å². The zero-order valence-electron chi connectivity index (χ0n) is 20.8. The molecule has 0 unspecified atom stereocenters. The molecule has 8 nitrogen and oxygen atoms in total. The molecule has 0 saturated carbocycles. The molecule has 0 aromatic rings. The van der Waals surface area contributed by atoms with Crippen LogP contribution >= 0.6 is 0 Å². The first kappa shape index (κ1) is 29.9. The molecule has 0 aliphatic carbocycles. The number of hydrogen-bond acceptors (Lipinski definition) is 8. The number of cyclic esters (lactones) is 4. The lowest BCUT2D eigenvalue weighted by Gasteiger charge is -2.07. The molecule has 8 heteroatoms. The third-order valence-electron chi connectivity index (χ3n) is 5.71. The first-order chi connectivity index (χ1) is 16.6. The summed E-state index contributed by atoms with van der Waals surface area (Å²) in [5, 5.41) is 0. The van der Waals surface area contributed by atoms with Crippen LogP contribution in [0.5, 0.6) is 0 Å². The fraction of sp³-hybridized carbons (Fsp3) is 0.846. The van der Waals surface area contributed by atoms with Crippen LogP contribution in [0.25, 0.3) is 0 Å². The van der Waals surface area contributed by atoms with Gasteiger partial charge in [-0.3, -0.25) is 19.2 Å². The molecule has 0 bridgehead atoms. The summed E-state index contributed by atoms with van der Waals surface area (Å²) in [4.78, 5) is 46.8. The molecule has 0 radical (unpaired) electrons. The highest BCUT2D eigenvalue weighted by atomic mass is 16.6. The van der Waals surface area contributed by atoms with E-state index in [1.54, 1.807) is 0 Å². The third-order valence-corrected chi connectivity index (χ3v) is 5.71. The van der Waals surface area contributed by atoms with Gasteiger partial charge >= 0.3 is 23.9 Å². The smallest absolute Gasteiger partial charge is 0.317 e. The average molecular weight is 485 g/mol. The average Bonchev–Trinajstić information content (AvgIpc) is 2.79. The Labute approximate surface area is 204 Å². The minimum Gasteiger partial charge on any atom is -0.465 e. The Hall–Kier alpha value is -2.12. The van der Waals surface area contributed by atoms with Gasteiger partial charge in [-0.05, 0) is 25.7 Å². The molecule has 1 aliphatic heterocycles. The molecule has 34 heavy (non-hydrogen) atoms. The van der Waals surface area contributed by atoms with Crippen molar-refractivity contribution in [1.29, 1.82) is 0 Å². The molecule has 0 aromatic carbocycles. The van der Waals surface area contributed by atoms with Crippen molar-refractivity contribution >= 4 is 23.9 Å². The second-order valence-corrected chi connectivity index (χ2v) is 8.89. The number of rotatable bonds is 0. The van der Waals surface area contributed by atoms with Crippen LogP contribution in [0, 0.1) is 0 Å². The van der Waals surface area contributed by atoms with E-state index in [0.29, 0.717) is 26.4 Å². The Kier molecular flexibility index (Phi) is 18.8. The van der Waals surface area contributed by atoms with Gasteiger partial charge in [-0.2, -0.15) is 0 Å². The summed E-state index contributed by atoms with van der Waals surface area (Å²) in [6, 6.07) is 0. The molecular formula is C26H44O8. The van der Waals surface area contributed by atoms with Crippen LogP contribution in [0.2, 0.25) is 0 Å². The largest absolute Gasteiger partial charge is 0.465 e. The summed E-state index contributed by atoms with van der Waals surface area (Å²) in [7, 11) is 0. The highest BCUT2D eigenvalue weighted by Gasteiger charge is 2.13. The molecule has 1 aliphatic rings. The summed E-state index contributed by atoms with van der Waals surface area (Å²) in [5.41, 5.74) is 0. The number of carbonyl (C=O) groups is 4. The Morgan fingerprint density at radius 1 is 0.294 bits per heavy atom. The van der Waals surface area contributed by atoms with Crippen LogP contribution in [0.1, 0.15) is 116 Å². The summed E-state index contributed by atoms with van der Waals surface area (Å²) < 4.78 is 20.5. The standard InChI is InChI=1S/C26H44O8/c27-23-21-25(29)33-19-15-11-7-3-4-8-12-16-20-34-26(30)22-24(28)32-18-14-10-6-2-1-5-9-13-17-31-23/h1-22H2. The van der Waals surface area contributed by atoms with Crippen LogP contribution in [0.4, 0.5) is 0 Å². The number of carbonyl (C=O) groups excluding carboxylic acids is 4. The molecule has 196 valence electrons. The van der Waals surface area contributed by atoms with Gasteiger partial charge in [0.15, 0.2) is 0 Å². The van der Waals surface area contributed by atoms with E-state index in [-0.39, 0.29) is 12.8 Å². The fourth-order valence-electron chi connectivity index (χ4n) is 3.71. The molecule has 0 atom stereocenters. The van der Waals surface area contributed by atoms with E-state index in [2.05, 4.69) is 0 Å². The summed E-state index contributed by atoms with van der Waals surface area (Å²) >= 11 is 0. The van der Waals surface area contributed by atoms with E-state index in [1.165, 1.54) is 0 Å². The van der Waals surface area contributed by atoms with Gasteiger partial charge in [0.2, 0.25) is 0 Å². The second kappa shape index (κ2) is 21.4. The highest BCUT2D eigenvalue weighted by Crippen LogP contribution is 2.11. The Morgan fingerprint density at radius 3 is 0.676 bits per heavy atom. The lowest BCUT2D eigenvalue weighted by Crippen LogP contribution is -2.15. The first-order valence-corrected chi connectivity index (χ1v) is 13.2. The summed E-state index contributed by atoms with van der Waals surface area (Å²) in [6.45, 7) is 1.35. The first-order valence-electron chi connectivity index (χ1n) is 13.2. The quantitative estimate of drug-likeness (QED) is 0.263. The summed E-state index contributed by atoms with van der Waals surface area (Å²) in [5.74, 6) is -2.06. The van der Waals surface area contributed by atoms with E-state index in [9.17, 15) is 19.2 Å². The van der Waals surface area contributed by atoms with E-state index >= 15 is 0 Å². The molecule has 0 aromatic heterocycles. The highest BCUT2D eigenvalue weighted by molar-refractivity contribution is 5.91. The van der Waals surface area contributed by atoms with Crippen LogP contribution in [0.15, 0.2) is 0 Å². The molecule has 0 N–H and O–H groups in total. The van der Waals surface area contributed by atoms with Crippen LogP contribution in [-0.4, -0.2) is 50.3 Å². The molecule has 1 rings (SSSR count). The molecular weight excluding hydrogens is 440 g/mol. The van der Waals surface area contributed by atoms with Gasteiger partial charge in [-0.1, -0.05) is 77.0 Å². The maximum absolute atomic E-state index is 11.7. The lowest BCUT2D eigenvalue weighted by molar-refractivity contribution is -0.156. The van der Waals surface area contributed by atoms with Crippen molar-refractivity contribution in [3.8, 4) is 0 Å². The van der Waals surface area contributed by atoms with Gasteiger partial charge in [0.05, 0.1) is 26.4 Å². The Morgan fingerprint density at radius 2 is 0.471 bits per heavy atom. The van der Waals surface area contributed by atoms with E-state index in [4.69, 9.17) is 18.9 Å².